The van der Waals surface area contributed by atoms with E-state index in [2.05, 4.69) is 20.9 Å². The highest BCUT2D eigenvalue weighted by Gasteiger charge is 2.24. The van der Waals surface area contributed by atoms with Crippen LogP contribution in [0, 0.1) is 10.1 Å². The molecule has 0 atom stereocenters. The van der Waals surface area contributed by atoms with Gasteiger partial charge in [0.05, 0.1) is 10.5 Å². The second kappa shape index (κ2) is 3.82. The van der Waals surface area contributed by atoms with Crippen molar-refractivity contribution in [2.75, 3.05) is 5.73 Å². The number of halogens is 3. The van der Waals surface area contributed by atoms with Gasteiger partial charge in [-0.05, 0) is 15.9 Å². The molecule has 0 fully saturated rings. The smallest absolute Gasteiger partial charge is 0.302 e. The van der Waals surface area contributed by atoms with E-state index in [0.717, 1.165) is 6.20 Å². The van der Waals surface area contributed by atoms with Crippen molar-refractivity contribution in [3.63, 3.8) is 0 Å². The second-order valence-corrected chi connectivity index (χ2v) is 3.11. The van der Waals surface area contributed by atoms with Crippen LogP contribution in [0.1, 0.15) is 12.0 Å². The molecule has 0 saturated carbocycles. The predicted octanol–water partition coefficient (Wildman–Crippen LogP) is 2.27. The number of aromatic nitrogens is 1. The van der Waals surface area contributed by atoms with Crippen molar-refractivity contribution in [3.05, 3.63) is 26.3 Å². The highest BCUT2D eigenvalue weighted by molar-refractivity contribution is 9.10. The summed E-state index contributed by atoms with van der Waals surface area (Å²) in [6.45, 7) is 0. The van der Waals surface area contributed by atoms with Gasteiger partial charge in [-0.2, -0.15) is 0 Å². The van der Waals surface area contributed by atoms with E-state index in [1.54, 1.807) is 0 Å². The normalized spacial score (nSPS) is 10.6. The van der Waals surface area contributed by atoms with Crippen molar-refractivity contribution in [2.24, 2.45) is 0 Å². The number of nitrogen functional groups attached to an aromatic ring is 1. The van der Waals surface area contributed by atoms with E-state index in [9.17, 15) is 18.9 Å². The van der Waals surface area contributed by atoms with Crippen LogP contribution in [0.2, 0.25) is 0 Å². The number of nitrogens with two attached hydrogens (primary N) is 1. The van der Waals surface area contributed by atoms with Crippen LogP contribution >= 0.6 is 15.9 Å². The SMILES string of the molecule is Nc1ncc([N+](=O)[O-])c(Br)c1C(F)F. The van der Waals surface area contributed by atoms with Crippen LogP contribution in [0.5, 0.6) is 0 Å². The number of hydrogen-bond donors (Lipinski definition) is 1. The van der Waals surface area contributed by atoms with Gasteiger partial charge in [0.25, 0.3) is 6.43 Å². The summed E-state index contributed by atoms with van der Waals surface area (Å²) in [7, 11) is 0. The average molecular weight is 268 g/mol. The minimum Gasteiger partial charge on any atom is -0.383 e. The first-order chi connectivity index (χ1) is 6.45. The zero-order valence-corrected chi connectivity index (χ0v) is 8.16. The fourth-order valence-corrected chi connectivity index (χ4v) is 1.47. The molecule has 0 aliphatic rings. The lowest BCUT2D eigenvalue weighted by molar-refractivity contribution is -0.386. The van der Waals surface area contributed by atoms with Gasteiger partial charge in [-0.3, -0.25) is 10.1 Å². The molecule has 5 nitrogen and oxygen atoms in total. The standard InChI is InChI=1S/C6H4BrF2N3O2/c7-4-2(12(13)14)1-11-6(10)3(4)5(8)9/h1,5H,(H2,10,11). The minimum atomic E-state index is -2.91. The first-order valence-electron chi connectivity index (χ1n) is 3.31. The minimum absolute atomic E-state index is 0.329. The van der Waals surface area contributed by atoms with Crippen molar-refractivity contribution in [1.82, 2.24) is 4.98 Å². The largest absolute Gasteiger partial charge is 0.383 e. The summed E-state index contributed by atoms with van der Waals surface area (Å²) in [4.78, 5) is 12.8. The molecule has 1 rings (SSSR count). The van der Waals surface area contributed by atoms with Gasteiger partial charge in [0, 0.05) is 0 Å². The number of pyridine rings is 1. The molecule has 1 aromatic rings. The molecule has 76 valence electrons. The molecule has 8 heteroatoms. The monoisotopic (exact) mass is 267 g/mol. The van der Waals surface area contributed by atoms with Crippen LogP contribution in [0.4, 0.5) is 20.3 Å². The van der Waals surface area contributed by atoms with Crippen LogP contribution in [-0.2, 0) is 0 Å². The summed E-state index contributed by atoms with van der Waals surface area (Å²) >= 11 is 2.69. The Labute approximate surface area is 85.2 Å². The van der Waals surface area contributed by atoms with Crippen molar-refractivity contribution in [2.45, 2.75) is 6.43 Å². The number of nitro groups is 1. The fourth-order valence-electron chi connectivity index (χ4n) is 0.842. The highest BCUT2D eigenvalue weighted by Crippen LogP contribution is 2.36. The van der Waals surface area contributed by atoms with Gasteiger partial charge in [-0.25, -0.2) is 13.8 Å². The fraction of sp³-hybridized carbons (Fsp3) is 0.167. The zero-order valence-electron chi connectivity index (χ0n) is 6.58. The van der Waals surface area contributed by atoms with Crippen LogP contribution in [0.15, 0.2) is 10.7 Å². The molecular weight excluding hydrogens is 264 g/mol. The molecule has 0 amide bonds. The number of nitrogens with zero attached hydrogens (tertiary/aromatic N) is 2. The van der Waals surface area contributed by atoms with E-state index in [0.29, 0.717) is 0 Å². The van der Waals surface area contributed by atoms with E-state index in [1.807, 2.05) is 0 Å². The maximum absolute atomic E-state index is 12.4. The Morgan fingerprint density at radius 1 is 1.64 bits per heavy atom. The van der Waals surface area contributed by atoms with E-state index in [4.69, 9.17) is 5.73 Å². The van der Waals surface area contributed by atoms with E-state index in [-0.39, 0.29) is 4.47 Å². The molecule has 2 N–H and O–H groups in total. The molecule has 0 unspecified atom stereocenters. The maximum Gasteiger partial charge on any atom is 0.302 e. The second-order valence-electron chi connectivity index (χ2n) is 2.31. The molecule has 0 aliphatic carbocycles. The molecule has 0 radical (unpaired) electrons. The maximum atomic E-state index is 12.4. The van der Waals surface area contributed by atoms with Gasteiger partial charge in [0.15, 0.2) is 0 Å². The molecule has 0 aromatic carbocycles. The summed E-state index contributed by atoms with van der Waals surface area (Å²) in [6.07, 6.45) is -2.08. The van der Waals surface area contributed by atoms with Crippen molar-refractivity contribution in [1.29, 1.82) is 0 Å². The lowest BCUT2D eigenvalue weighted by Gasteiger charge is -2.05. The van der Waals surface area contributed by atoms with Crippen molar-refractivity contribution in [3.8, 4) is 0 Å². The van der Waals surface area contributed by atoms with Crippen LogP contribution in [-0.4, -0.2) is 9.91 Å². The quantitative estimate of drug-likeness (QED) is 0.658. The van der Waals surface area contributed by atoms with Gasteiger partial charge < -0.3 is 5.73 Å². The summed E-state index contributed by atoms with van der Waals surface area (Å²) in [5.74, 6) is -0.419. The Balaban J connectivity index is 3.41. The van der Waals surface area contributed by atoms with Gasteiger partial charge in [0.2, 0.25) is 0 Å². The van der Waals surface area contributed by atoms with Crippen LogP contribution in [0.25, 0.3) is 0 Å². The third kappa shape index (κ3) is 1.79. The molecular formula is C6H4BrF2N3O2. The Bertz CT molecular complexity index is 386. The molecule has 0 aliphatic heterocycles. The van der Waals surface area contributed by atoms with Gasteiger partial charge in [-0.15, -0.1) is 0 Å². The number of rotatable bonds is 2. The van der Waals surface area contributed by atoms with Crippen LogP contribution < -0.4 is 5.73 Å². The topological polar surface area (TPSA) is 82.0 Å². The summed E-state index contributed by atoms with van der Waals surface area (Å²) in [5.41, 5.74) is 3.96. The number of hydrogen-bond acceptors (Lipinski definition) is 4. The van der Waals surface area contributed by atoms with Crippen LogP contribution in [0.3, 0.4) is 0 Å². The number of alkyl halides is 2. The molecule has 14 heavy (non-hydrogen) atoms. The van der Waals surface area contributed by atoms with E-state index in [1.165, 1.54) is 0 Å². The third-order valence-electron chi connectivity index (χ3n) is 1.48. The predicted molar refractivity (Wildman–Crippen MR) is 48.0 cm³/mol. The zero-order chi connectivity index (χ0) is 10.9. The molecule has 0 saturated heterocycles. The van der Waals surface area contributed by atoms with Gasteiger partial charge >= 0.3 is 5.69 Å². The molecule has 0 spiro atoms. The lowest BCUT2D eigenvalue weighted by atomic mass is 10.2. The van der Waals surface area contributed by atoms with Crippen molar-refractivity contribution >= 4 is 27.4 Å². The van der Waals surface area contributed by atoms with E-state index < -0.39 is 28.4 Å². The Kier molecular flexibility index (Phi) is 2.94. The van der Waals surface area contributed by atoms with Crippen molar-refractivity contribution < 1.29 is 13.7 Å². The summed E-state index contributed by atoms with van der Waals surface area (Å²) in [5, 5.41) is 10.4. The highest BCUT2D eigenvalue weighted by atomic mass is 79.9. The average Bonchev–Trinajstić information content (AvgIpc) is 2.02. The summed E-state index contributed by atoms with van der Waals surface area (Å²) < 4.78 is 24.4. The van der Waals surface area contributed by atoms with Gasteiger partial charge in [-0.1, -0.05) is 0 Å². The molecule has 0 bridgehead atoms. The Morgan fingerprint density at radius 2 is 2.21 bits per heavy atom. The first-order valence-corrected chi connectivity index (χ1v) is 4.11. The molecule has 1 heterocycles. The molecule has 1 aromatic heterocycles. The summed E-state index contributed by atoms with van der Waals surface area (Å²) in [6, 6.07) is 0. The number of anilines is 1. The first kappa shape index (κ1) is 10.8. The third-order valence-corrected chi connectivity index (χ3v) is 2.31. The van der Waals surface area contributed by atoms with E-state index >= 15 is 0 Å². The Morgan fingerprint density at radius 3 is 2.64 bits per heavy atom. The van der Waals surface area contributed by atoms with Gasteiger partial charge in [0.1, 0.15) is 16.5 Å². The lowest BCUT2D eigenvalue weighted by Crippen LogP contribution is -2.02. The Hall–Kier alpha value is -1.31.